The summed E-state index contributed by atoms with van der Waals surface area (Å²) in [5.74, 6) is 0. The summed E-state index contributed by atoms with van der Waals surface area (Å²) < 4.78 is 1.85. The predicted molar refractivity (Wildman–Crippen MR) is 46.3 cm³/mol. The van der Waals surface area contributed by atoms with Crippen molar-refractivity contribution in [1.82, 2.24) is 9.78 Å². The van der Waals surface area contributed by atoms with E-state index < -0.39 is 0 Å². The molecule has 0 N–H and O–H groups in total. The fraction of sp³-hybridized carbons (Fsp3) is 0.222. The van der Waals surface area contributed by atoms with E-state index in [1.165, 1.54) is 0 Å². The van der Waals surface area contributed by atoms with Gasteiger partial charge in [0.25, 0.3) is 0 Å². The van der Waals surface area contributed by atoms with Crippen LogP contribution in [0.25, 0.3) is 0 Å². The third-order valence-electron chi connectivity index (χ3n) is 1.37. The van der Waals surface area contributed by atoms with Gasteiger partial charge in [-0.1, -0.05) is 12.2 Å². The van der Waals surface area contributed by atoms with Gasteiger partial charge in [0.15, 0.2) is 0 Å². The van der Waals surface area contributed by atoms with Crippen molar-refractivity contribution in [2.75, 3.05) is 0 Å². The smallest absolute Gasteiger partial charge is 0.0662 e. The highest BCUT2D eigenvalue weighted by molar-refractivity contribution is 5.03. The molecule has 0 aliphatic carbocycles. The Kier molecular flexibility index (Phi) is 2.66. The number of nitrogens with zero attached hydrogens (tertiary/aromatic N) is 2. The van der Waals surface area contributed by atoms with Crippen LogP contribution in [0.5, 0.6) is 0 Å². The molecule has 0 aromatic carbocycles. The highest BCUT2D eigenvalue weighted by atomic mass is 15.3. The first-order chi connectivity index (χ1) is 5.36. The molecule has 1 aromatic rings. The average Bonchev–Trinajstić information content (AvgIpc) is 2.38. The molecule has 58 valence electrons. The second-order valence-corrected chi connectivity index (χ2v) is 2.31. The maximum Gasteiger partial charge on any atom is 0.0662 e. The number of rotatable bonds is 4. The summed E-state index contributed by atoms with van der Waals surface area (Å²) in [6.07, 6.45) is 6.45. The SMILES string of the molecule is C=CCc1ccn(CC=C)n1. The molecule has 1 rings (SSSR count). The summed E-state index contributed by atoms with van der Waals surface area (Å²) >= 11 is 0. The summed E-state index contributed by atoms with van der Waals surface area (Å²) in [4.78, 5) is 0. The molecule has 0 atom stereocenters. The lowest BCUT2D eigenvalue weighted by Crippen LogP contribution is -1.95. The standard InChI is InChI=1S/C9H12N2/c1-3-5-9-6-8-11(10-9)7-4-2/h3-4,6,8H,1-2,5,7H2. The van der Waals surface area contributed by atoms with Crippen molar-refractivity contribution in [2.45, 2.75) is 13.0 Å². The first kappa shape index (κ1) is 7.79. The third-order valence-corrected chi connectivity index (χ3v) is 1.37. The van der Waals surface area contributed by atoms with Crippen molar-refractivity contribution in [3.8, 4) is 0 Å². The Bertz CT molecular complexity index is 223. The van der Waals surface area contributed by atoms with Crippen molar-refractivity contribution in [3.63, 3.8) is 0 Å². The highest BCUT2D eigenvalue weighted by Gasteiger charge is 1.93. The highest BCUT2D eigenvalue weighted by Crippen LogP contribution is 1.96. The minimum Gasteiger partial charge on any atom is -0.269 e. The number of allylic oxidation sites excluding steroid dienone is 2. The molecule has 11 heavy (non-hydrogen) atoms. The van der Waals surface area contributed by atoms with E-state index in [9.17, 15) is 0 Å². The first-order valence-electron chi connectivity index (χ1n) is 3.61. The van der Waals surface area contributed by atoms with Gasteiger partial charge in [0, 0.05) is 12.6 Å². The van der Waals surface area contributed by atoms with Crippen LogP contribution < -0.4 is 0 Å². The van der Waals surface area contributed by atoms with E-state index in [0.29, 0.717) is 0 Å². The van der Waals surface area contributed by atoms with Gasteiger partial charge in [0.1, 0.15) is 0 Å². The molecule has 0 aliphatic rings. The zero-order valence-electron chi connectivity index (χ0n) is 6.53. The number of hydrogen-bond acceptors (Lipinski definition) is 1. The van der Waals surface area contributed by atoms with Gasteiger partial charge < -0.3 is 0 Å². The molecular formula is C9H12N2. The molecule has 0 amide bonds. The van der Waals surface area contributed by atoms with E-state index in [2.05, 4.69) is 18.3 Å². The molecule has 0 radical (unpaired) electrons. The van der Waals surface area contributed by atoms with Crippen LogP contribution in [0.2, 0.25) is 0 Å². The zero-order valence-corrected chi connectivity index (χ0v) is 6.53. The molecule has 2 heteroatoms. The lowest BCUT2D eigenvalue weighted by molar-refractivity contribution is 0.691. The summed E-state index contributed by atoms with van der Waals surface area (Å²) in [7, 11) is 0. The molecule has 0 bridgehead atoms. The van der Waals surface area contributed by atoms with Gasteiger partial charge in [0.2, 0.25) is 0 Å². The summed E-state index contributed by atoms with van der Waals surface area (Å²) in [6, 6.07) is 1.99. The average molecular weight is 148 g/mol. The Morgan fingerprint density at radius 1 is 1.45 bits per heavy atom. The number of aromatic nitrogens is 2. The molecule has 1 heterocycles. The van der Waals surface area contributed by atoms with Crippen LogP contribution >= 0.6 is 0 Å². The fourth-order valence-electron chi connectivity index (χ4n) is 0.894. The molecule has 0 saturated carbocycles. The second-order valence-electron chi connectivity index (χ2n) is 2.31. The molecule has 0 unspecified atom stereocenters. The Hall–Kier alpha value is -1.31. The Labute approximate surface area is 66.8 Å². The van der Waals surface area contributed by atoms with E-state index in [1.807, 2.05) is 29.1 Å². The molecule has 0 fully saturated rings. The molecule has 0 aliphatic heterocycles. The predicted octanol–water partition coefficient (Wildman–Crippen LogP) is 1.80. The van der Waals surface area contributed by atoms with E-state index >= 15 is 0 Å². The maximum absolute atomic E-state index is 4.26. The summed E-state index contributed by atoms with van der Waals surface area (Å²) in [5.41, 5.74) is 1.06. The molecule has 1 aromatic heterocycles. The van der Waals surface area contributed by atoms with E-state index in [4.69, 9.17) is 0 Å². The maximum atomic E-state index is 4.26. The zero-order chi connectivity index (χ0) is 8.10. The van der Waals surface area contributed by atoms with Crippen LogP contribution in [-0.2, 0) is 13.0 Å². The van der Waals surface area contributed by atoms with Crippen LogP contribution in [0.4, 0.5) is 0 Å². The lowest BCUT2D eigenvalue weighted by Gasteiger charge is -1.92. The topological polar surface area (TPSA) is 17.8 Å². The van der Waals surface area contributed by atoms with Gasteiger partial charge in [-0.2, -0.15) is 5.10 Å². The largest absolute Gasteiger partial charge is 0.269 e. The van der Waals surface area contributed by atoms with E-state index in [0.717, 1.165) is 18.7 Å². The van der Waals surface area contributed by atoms with E-state index in [-0.39, 0.29) is 0 Å². The Morgan fingerprint density at radius 2 is 2.27 bits per heavy atom. The van der Waals surface area contributed by atoms with Gasteiger partial charge in [-0.3, -0.25) is 4.68 Å². The number of hydrogen-bond donors (Lipinski definition) is 0. The van der Waals surface area contributed by atoms with Crippen molar-refractivity contribution in [2.24, 2.45) is 0 Å². The van der Waals surface area contributed by atoms with Crippen molar-refractivity contribution >= 4 is 0 Å². The Balaban J connectivity index is 2.64. The molecule has 0 saturated heterocycles. The minimum atomic E-state index is 0.775. The first-order valence-corrected chi connectivity index (χ1v) is 3.61. The third kappa shape index (κ3) is 2.08. The minimum absolute atomic E-state index is 0.775. The summed E-state index contributed by atoms with van der Waals surface area (Å²) in [5, 5.41) is 4.26. The summed E-state index contributed by atoms with van der Waals surface area (Å²) in [6.45, 7) is 8.05. The van der Waals surface area contributed by atoms with Gasteiger partial charge in [-0.05, 0) is 6.07 Å². The van der Waals surface area contributed by atoms with Crippen LogP contribution in [0, 0.1) is 0 Å². The van der Waals surface area contributed by atoms with Crippen molar-refractivity contribution in [1.29, 1.82) is 0 Å². The Morgan fingerprint density at radius 3 is 2.91 bits per heavy atom. The van der Waals surface area contributed by atoms with Crippen molar-refractivity contribution in [3.05, 3.63) is 43.3 Å². The van der Waals surface area contributed by atoms with Crippen molar-refractivity contribution < 1.29 is 0 Å². The van der Waals surface area contributed by atoms with Gasteiger partial charge in [-0.25, -0.2) is 0 Å². The molecular weight excluding hydrogens is 136 g/mol. The van der Waals surface area contributed by atoms with Crippen LogP contribution in [0.15, 0.2) is 37.6 Å². The monoisotopic (exact) mass is 148 g/mol. The van der Waals surface area contributed by atoms with Crippen LogP contribution in [0.1, 0.15) is 5.69 Å². The molecule has 0 spiro atoms. The second kappa shape index (κ2) is 3.76. The molecule has 2 nitrogen and oxygen atoms in total. The van der Waals surface area contributed by atoms with E-state index in [1.54, 1.807) is 0 Å². The quantitative estimate of drug-likeness (QED) is 0.595. The lowest BCUT2D eigenvalue weighted by atomic mass is 10.3. The normalized spacial score (nSPS) is 9.45. The van der Waals surface area contributed by atoms with Crippen LogP contribution in [0.3, 0.4) is 0 Å². The van der Waals surface area contributed by atoms with Gasteiger partial charge in [0.05, 0.1) is 12.2 Å². The van der Waals surface area contributed by atoms with Crippen LogP contribution in [-0.4, -0.2) is 9.78 Å². The fourth-order valence-corrected chi connectivity index (χ4v) is 0.894. The van der Waals surface area contributed by atoms with Gasteiger partial charge >= 0.3 is 0 Å². The van der Waals surface area contributed by atoms with Gasteiger partial charge in [-0.15, -0.1) is 13.2 Å².